The molecule has 0 radical (unpaired) electrons. The van der Waals surface area contributed by atoms with E-state index in [9.17, 15) is 4.79 Å². The number of nitrogen functional groups attached to an aromatic ring is 1. The number of rotatable bonds is 9. The lowest BCUT2D eigenvalue weighted by molar-refractivity contribution is -0.122. The second-order valence-corrected chi connectivity index (χ2v) is 5.11. The van der Waals surface area contributed by atoms with Crippen molar-refractivity contribution in [2.45, 2.75) is 39.7 Å². The maximum Gasteiger partial charge on any atom is 0.234 e. The molecule has 0 atom stereocenters. The molecule has 0 unspecified atom stereocenters. The normalized spacial score (nSPS) is 10.8. The number of carbonyl (C=O) groups is 1. The van der Waals surface area contributed by atoms with E-state index in [4.69, 9.17) is 5.73 Å². The topological polar surface area (TPSA) is 58.4 Å². The fourth-order valence-corrected chi connectivity index (χ4v) is 2.11. The van der Waals surface area contributed by atoms with Crippen molar-refractivity contribution in [1.82, 2.24) is 10.2 Å². The number of amides is 1. The van der Waals surface area contributed by atoms with Crippen molar-refractivity contribution in [2.24, 2.45) is 0 Å². The van der Waals surface area contributed by atoms with E-state index in [0.717, 1.165) is 50.1 Å². The van der Waals surface area contributed by atoms with Crippen LogP contribution in [0, 0.1) is 0 Å². The highest BCUT2D eigenvalue weighted by atomic mass is 16.2. The van der Waals surface area contributed by atoms with Gasteiger partial charge in [-0.2, -0.15) is 0 Å². The van der Waals surface area contributed by atoms with Gasteiger partial charge in [0, 0.05) is 18.8 Å². The van der Waals surface area contributed by atoms with Gasteiger partial charge in [0.25, 0.3) is 0 Å². The van der Waals surface area contributed by atoms with Crippen LogP contribution in [-0.2, 0) is 11.3 Å². The number of hydrogen-bond donors (Lipinski definition) is 2. The number of benzene rings is 1. The summed E-state index contributed by atoms with van der Waals surface area (Å²) < 4.78 is 0. The van der Waals surface area contributed by atoms with E-state index in [2.05, 4.69) is 24.1 Å². The molecule has 1 amide bonds. The maximum absolute atomic E-state index is 11.9. The van der Waals surface area contributed by atoms with Gasteiger partial charge in [-0.1, -0.05) is 38.5 Å². The van der Waals surface area contributed by atoms with Gasteiger partial charge >= 0.3 is 0 Å². The van der Waals surface area contributed by atoms with Crippen LogP contribution in [0.4, 0.5) is 5.69 Å². The minimum absolute atomic E-state index is 0.0985. The number of carbonyl (C=O) groups excluding carboxylic acids is 1. The second kappa shape index (κ2) is 9.37. The first kappa shape index (κ1) is 16.5. The summed E-state index contributed by atoms with van der Waals surface area (Å²) in [5, 5.41) is 2.96. The molecule has 0 saturated carbocycles. The number of nitrogens with one attached hydrogen (secondary N) is 1. The highest BCUT2D eigenvalue weighted by Crippen LogP contribution is 2.13. The van der Waals surface area contributed by atoms with Gasteiger partial charge in [-0.25, -0.2) is 0 Å². The van der Waals surface area contributed by atoms with Crippen LogP contribution in [0.25, 0.3) is 0 Å². The van der Waals surface area contributed by atoms with E-state index in [-0.39, 0.29) is 5.91 Å². The summed E-state index contributed by atoms with van der Waals surface area (Å²) >= 11 is 0. The van der Waals surface area contributed by atoms with Crippen LogP contribution in [0.1, 0.15) is 38.7 Å². The van der Waals surface area contributed by atoms with Gasteiger partial charge in [-0.15, -0.1) is 0 Å². The smallest absolute Gasteiger partial charge is 0.234 e. The monoisotopic (exact) mass is 277 g/mol. The van der Waals surface area contributed by atoms with E-state index in [1.807, 2.05) is 24.3 Å². The van der Waals surface area contributed by atoms with Crippen molar-refractivity contribution in [3.05, 3.63) is 29.8 Å². The van der Waals surface area contributed by atoms with Crippen LogP contribution in [0.2, 0.25) is 0 Å². The van der Waals surface area contributed by atoms with Crippen LogP contribution >= 0.6 is 0 Å². The summed E-state index contributed by atoms with van der Waals surface area (Å²) in [6.07, 6.45) is 3.15. The van der Waals surface area contributed by atoms with Crippen LogP contribution in [0.3, 0.4) is 0 Å². The van der Waals surface area contributed by atoms with Gasteiger partial charge in [0.15, 0.2) is 0 Å². The molecule has 0 fully saturated rings. The van der Waals surface area contributed by atoms with Gasteiger partial charge in [0.1, 0.15) is 0 Å². The number of para-hydroxylation sites is 1. The second-order valence-electron chi connectivity index (χ2n) is 5.11. The van der Waals surface area contributed by atoms with Crippen LogP contribution in [-0.4, -0.2) is 30.4 Å². The van der Waals surface area contributed by atoms with Crippen molar-refractivity contribution in [3.63, 3.8) is 0 Å². The molecule has 0 aromatic heterocycles. The minimum atomic E-state index is 0.0985. The molecule has 0 heterocycles. The molecule has 0 saturated heterocycles. The lowest BCUT2D eigenvalue weighted by atomic mass is 10.1. The third kappa shape index (κ3) is 6.06. The summed E-state index contributed by atoms with van der Waals surface area (Å²) in [7, 11) is 0. The molecule has 112 valence electrons. The molecule has 1 aromatic rings. The van der Waals surface area contributed by atoms with E-state index in [1.165, 1.54) is 0 Å². The van der Waals surface area contributed by atoms with Crippen molar-refractivity contribution >= 4 is 11.6 Å². The fourth-order valence-electron chi connectivity index (χ4n) is 2.11. The van der Waals surface area contributed by atoms with E-state index >= 15 is 0 Å². The molecule has 4 nitrogen and oxygen atoms in total. The Morgan fingerprint density at radius 2 is 2.00 bits per heavy atom. The molecule has 0 spiro atoms. The Hall–Kier alpha value is -1.55. The zero-order valence-corrected chi connectivity index (χ0v) is 12.7. The van der Waals surface area contributed by atoms with E-state index < -0.39 is 0 Å². The zero-order chi connectivity index (χ0) is 14.8. The summed E-state index contributed by atoms with van der Waals surface area (Å²) in [6, 6.07) is 7.84. The third-order valence-electron chi connectivity index (χ3n) is 3.21. The lowest BCUT2D eigenvalue weighted by Crippen LogP contribution is -2.37. The van der Waals surface area contributed by atoms with Gasteiger partial charge in [-0.3, -0.25) is 9.69 Å². The number of nitrogens with two attached hydrogens (primary N) is 1. The molecular weight excluding hydrogens is 250 g/mol. The standard InChI is InChI=1S/C16H27N3O/c1-3-5-10-18-16(20)13-19(11-4-2)12-14-8-6-7-9-15(14)17/h6-9H,3-5,10-13,17H2,1-2H3,(H,18,20). The Labute approximate surface area is 122 Å². The van der Waals surface area contributed by atoms with Gasteiger partial charge < -0.3 is 11.1 Å². The molecule has 0 bridgehead atoms. The molecule has 0 aliphatic rings. The Bertz CT molecular complexity index is 406. The Morgan fingerprint density at radius 3 is 2.65 bits per heavy atom. The molecule has 0 aliphatic heterocycles. The molecular formula is C16H27N3O. The largest absolute Gasteiger partial charge is 0.398 e. The molecule has 20 heavy (non-hydrogen) atoms. The average molecular weight is 277 g/mol. The van der Waals surface area contributed by atoms with E-state index in [1.54, 1.807) is 0 Å². The Kier molecular flexibility index (Phi) is 7.73. The van der Waals surface area contributed by atoms with Crippen molar-refractivity contribution in [1.29, 1.82) is 0 Å². The van der Waals surface area contributed by atoms with E-state index in [0.29, 0.717) is 6.54 Å². The van der Waals surface area contributed by atoms with Crippen molar-refractivity contribution < 1.29 is 4.79 Å². The number of hydrogen-bond acceptors (Lipinski definition) is 3. The molecule has 4 heteroatoms. The van der Waals surface area contributed by atoms with Crippen molar-refractivity contribution in [2.75, 3.05) is 25.4 Å². The van der Waals surface area contributed by atoms with Crippen LogP contribution in [0.15, 0.2) is 24.3 Å². The van der Waals surface area contributed by atoms with Crippen LogP contribution < -0.4 is 11.1 Å². The van der Waals surface area contributed by atoms with Crippen molar-refractivity contribution in [3.8, 4) is 0 Å². The predicted molar refractivity (Wildman–Crippen MR) is 84.3 cm³/mol. The summed E-state index contributed by atoms with van der Waals surface area (Å²) in [5.74, 6) is 0.0985. The first-order chi connectivity index (χ1) is 9.67. The van der Waals surface area contributed by atoms with Gasteiger partial charge in [0.2, 0.25) is 5.91 Å². The average Bonchev–Trinajstić information content (AvgIpc) is 2.42. The third-order valence-corrected chi connectivity index (χ3v) is 3.21. The first-order valence-corrected chi connectivity index (χ1v) is 7.49. The Morgan fingerprint density at radius 1 is 1.25 bits per heavy atom. The quantitative estimate of drug-likeness (QED) is 0.538. The molecule has 0 aliphatic carbocycles. The number of nitrogens with zero attached hydrogens (tertiary/aromatic N) is 1. The first-order valence-electron chi connectivity index (χ1n) is 7.49. The fraction of sp³-hybridized carbons (Fsp3) is 0.562. The predicted octanol–water partition coefficient (Wildman–Crippen LogP) is 2.40. The van der Waals surface area contributed by atoms with Gasteiger partial charge in [0.05, 0.1) is 6.54 Å². The lowest BCUT2D eigenvalue weighted by Gasteiger charge is -2.22. The number of anilines is 1. The SMILES string of the molecule is CCCCNC(=O)CN(CCC)Cc1ccccc1N. The van der Waals surface area contributed by atoms with Gasteiger partial charge in [-0.05, 0) is 31.0 Å². The summed E-state index contributed by atoms with van der Waals surface area (Å²) in [6.45, 7) is 7.07. The Balaban J connectivity index is 2.52. The minimum Gasteiger partial charge on any atom is -0.398 e. The summed E-state index contributed by atoms with van der Waals surface area (Å²) in [5.41, 5.74) is 7.84. The highest BCUT2D eigenvalue weighted by molar-refractivity contribution is 5.78. The summed E-state index contributed by atoms with van der Waals surface area (Å²) in [4.78, 5) is 14.0. The molecule has 3 N–H and O–H groups in total. The molecule has 1 rings (SSSR count). The zero-order valence-electron chi connectivity index (χ0n) is 12.7. The molecule has 1 aromatic carbocycles. The number of unbranched alkanes of at least 4 members (excludes halogenated alkanes) is 1. The highest BCUT2D eigenvalue weighted by Gasteiger charge is 2.11. The maximum atomic E-state index is 11.9. The van der Waals surface area contributed by atoms with Crippen LogP contribution in [0.5, 0.6) is 0 Å².